The standard InChI is InChI=1S/C30H27ClN4O3S/c1-5-14-35-29(33-34-30(35)39-18-19-10-12-21(31)13-11-19)23-17-25(32-24-9-7-6-8-22(23)24)20-15-26(36-2)28(38-4)27(16-20)37-3/h5-13,15-17H,1,14,18H2,2-4H3. The number of hydrogen-bond acceptors (Lipinski definition) is 7. The number of thioether (sulfide) groups is 1. The molecule has 0 radical (unpaired) electrons. The molecule has 0 aliphatic rings. The minimum atomic E-state index is 0.526. The van der Waals surface area contributed by atoms with Crippen molar-refractivity contribution in [1.82, 2.24) is 19.7 Å². The number of aromatic nitrogens is 4. The molecule has 0 bridgehead atoms. The average Bonchev–Trinajstić information content (AvgIpc) is 3.37. The minimum Gasteiger partial charge on any atom is -0.493 e. The van der Waals surface area contributed by atoms with Crippen molar-refractivity contribution in [3.8, 4) is 39.9 Å². The van der Waals surface area contributed by atoms with Crippen molar-refractivity contribution in [1.29, 1.82) is 0 Å². The normalized spacial score (nSPS) is 11.0. The SMILES string of the molecule is C=CCn1c(SCc2ccc(Cl)cc2)nnc1-c1cc(-c2cc(OC)c(OC)c(OC)c2)nc2ccccc12. The second kappa shape index (κ2) is 11.8. The third kappa shape index (κ3) is 5.44. The van der Waals surface area contributed by atoms with Gasteiger partial charge in [0, 0.05) is 33.8 Å². The molecule has 9 heteroatoms. The van der Waals surface area contributed by atoms with Crippen LogP contribution >= 0.6 is 23.4 Å². The molecular formula is C30H27ClN4O3S. The highest BCUT2D eigenvalue weighted by molar-refractivity contribution is 7.98. The van der Waals surface area contributed by atoms with E-state index in [1.807, 2.05) is 72.8 Å². The number of para-hydroxylation sites is 1. The van der Waals surface area contributed by atoms with Crippen molar-refractivity contribution in [2.45, 2.75) is 17.5 Å². The van der Waals surface area contributed by atoms with Gasteiger partial charge in [0.1, 0.15) is 0 Å². The van der Waals surface area contributed by atoms with Crippen molar-refractivity contribution >= 4 is 34.3 Å². The lowest BCUT2D eigenvalue weighted by Crippen LogP contribution is -2.02. The topological polar surface area (TPSA) is 71.3 Å². The number of methoxy groups -OCH3 is 3. The molecule has 2 aromatic heterocycles. The van der Waals surface area contributed by atoms with Crippen LogP contribution in [0, 0.1) is 0 Å². The highest BCUT2D eigenvalue weighted by Gasteiger charge is 2.20. The van der Waals surface area contributed by atoms with Gasteiger partial charge in [-0.2, -0.15) is 0 Å². The molecule has 3 aromatic carbocycles. The summed E-state index contributed by atoms with van der Waals surface area (Å²) in [6, 6.07) is 21.6. The lowest BCUT2D eigenvalue weighted by molar-refractivity contribution is 0.324. The fraction of sp³-hybridized carbons (Fsp3) is 0.167. The van der Waals surface area contributed by atoms with E-state index in [0.29, 0.717) is 28.8 Å². The predicted octanol–water partition coefficient (Wildman–Crippen LogP) is 7.32. The summed E-state index contributed by atoms with van der Waals surface area (Å²) in [5.41, 5.74) is 4.47. The molecule has 198 valence electrons. The van der Waals surface area contributed by atoms with Crippen LogP contribution in [-0.2, 0) is 12.3 Å². The van der Waals surface area contributed by atoms with E-state index in [4.69, 9.17) is 30.8 Å². The summed E-state index contributed by atoms with van der Waals surface area (Å²) < 4.78 is 18.8. The van der Waals surface area contributed by atoms with Gasteiger partial charge in [0.25, 0.3) is 0 Å². The lowest BCUT2D eigenvalue weighted by atomic mass is 10.0. The number of fused-ring (bicyclic) bond motifs is 1. The second-order valence-corrected chi connectivity index (χ2v) is 9.99. The zero-order valence-electron chi connectivity index (χ0n) is 21.8. The highest BCUT2D eigenvalue weighted by Crippen LogP contribution is 2.42. The zero-order chi connectivity index (χ0) is 27.4. The molecule has 39 heavy (non-hydrogen) atoms. The number of halogens is 1. The van der Waals surface area contributed by atoms with Gasteiger partial charge in [0.05, 0.1) is 32.5 Å². The summed E-state index contributed by atoms with van der Waals surface area (Å²) in [5.74, 6) is 3.11. The first kappa shape index (κ1) is 26.6. The molecule has 0 saturated heterocycles. The van der Waals surface area contributed by atoms with Crippen LogP contribution in [0.2, 0.25) is 5.02 Å². The number of ether oxygens (including phenoxy) is 3. The largest absolute Gasteiger partial charge is 0.493 e. The van der Waals surface area contributed by atoms with Crippen LogP contribution in [-0.4, -0.2) is 41.1 Å². The van der Waals surface area contributed by atoms with Crippen molar-refractivity contribution in [3.63, 3.8) is 0 Å². The Morgan fingerprint density at radius 2 is 1.64 bits per heavy atom. The molecule has 7 nitrogen and oxygen atoms in total. The summed E-state index contributed by atoms with van der Waals surface area (Å²) in [6.07, 6.45) is 1.85. The predicted molar refractivity (Wildman–Crippen MR) is 157 cm³/mol. The Hall–Kier alpha value is -4.01. The molecule has 0 N–H and O–H groups in total. The molecule has 5 aromatic rings. The molecule has 0 spiro atoms. The van der Waals surface area contributed by atoms with Gasteiger partial charge in [-0.1, -0.05) is 59.8 Å². The Kier molecular flexibility index (Phi) is 8.05. The van der Waals surface area contributed by atoms with Gasteiger partial charge in [0.2, 0.25) is 5.75 Å². The first-order valence-corrected chi connectivity index (χ1v) is 13.5. The smallest absolute Gasteiger partial charge is 0.203 e. The maximum atomic E-state index is 6.05. The molecule has 0 amide bonds. The van der Waals surface area contributed by atoms with Crippen molar-refractivity contribution in [2.75, 3.05) is 21.3 Å². The molecule has 5 rings (SSSR count). The van der Waals surface area contributed by atoms with Crippen LogP contribution in [0.3, 0.4) is 0 Å². The van der Waals surface area contributed by atoms with Crippen LogP contribution in [0.5, 0.6) is 17.2 Å². The van der Waals surface area contributed by atoms with Crippen LogP contribution in [0.15, 0.2) is 84.5 Å². The Morgan fingerprint density at radius 3 is 2.31 bits per heavy atom. The second-order valence-electron chi connectivity index (χ2n) is 8.61. The fourth-order valence-corrected chi connectivity index (χ4v) is 5.38. The minimum absolute atomic E-state index is 0.526. The van der Waals surface area contributed by atoms with E-state index in [0.717, 1.165) is 50.0 Å². The summed E-state index contributed by atoms with van der Waals surface area (Å²) >= 11 is 7.67. The molecule has 0 saturated carbocycles. The van der Waals surface area contributed by atoms with Crippen LogP contribution in [0.4, 0.5) is 0 Å². The zero-order valence-corrected chi connectivity index (χ0v) is 23.4. The average molecular weight is 559 g/mol. The van der Waals surface area contributed by atoms with Gasteiger partial charge in [-0.3, -0.25) is 4.57 Å². The number of allylic oxidation sites excluding steroid dienone is 1. The van der Waals surface area contributed by atoms with Gasteiger partial charge in [0.15, 0.2) is 22.5 Å². The number of hydrogen-bond donors (Lipinski definition) is 0. The first-order valence-electron chi connectivity index (χ1n) is 12.2. The van der Waals surface area contributed by atoms with Crippen molar-refractivity contribution in [2.24, 2.45) is 0 Å². The van der Waals surface area contributed by atoms with Gasteiger partial charge in [-0.05, 0) is 42.0 Å². The quantitative estimate of drug-likeness (QED) is 0.131. The molecule has 0 fully saturated rings. The Balaban J connectivity index is 1.62. The van der Waals surface area contributed by atoms with Crippen LogP contribution < -0.4 is 14.2 Å². The van der Waals surface area contributed by atoms with E-state index < -0.39 is 0 Å². The number of nitrogens with zero attached hydrogens (tertiary/aromatic N) is 4. The fourth-order valence-electron chi connectivity index (χ4n) is 4.35. The lowest BCUT2D eigenvalue weighted by Gasteiger charge is -2.15. The Bertz CT molecular complexity index is 1610. The van der Waals surface area contributed by atoms with E-state index in [-0.39, 0.29) is 0 Å². The van der Waals surface area contributed by atoms with Gasteiger partial charge in [-0.15, -0.1) is 16.8 Å². The van der Waals surface area contributed by atoms with Crippen LogP contribution in [0.25, 0.3) is 33.5 Å². The van der Waals surface area contributed by atoms with Gasteiger partial charge < -0.3 is 14.2 Å². The highest BCUT2D eigenvalue weighted by atomic mass is 35.5. The van der Waals surface area contributed by atoms with E-state index in [1.165, 1.54) is 0 Å². The Labute approximate surface area is 236 Å². The summed E-state index contributed by atoms with van der Waals surface area (Å²) in [5, 5.41) is 11.7. The molecule has 0 aliphatic carbocycles. The summed E-state index contributed by atoms with van der Waals surface area (Å²) in [4.78, 5) is 4.96. The number of pyridine rings is 1. The van der Waals surface area contributed by atoms with E-state index in [1.54, 1.807) is 33.1 Å². The molecule has 0 aliphatic heterocycles. The van der Waals surface area contributed by atoms with Gasteiger partial charge in [-0.25, -0.2) is 4.98 Å². The summed E-state index contributed by atoms with van der Waals surface area (Å²) in [6.45, 7) is 4.53. The van der Waals surface area contributed by atoms with Crippen molar-refractivity contribution in [3.05, 3.63) is 90.0 Å². The Morgan fingerprint density at radius 1 is 0.923 bits per heavy atom. The van der Waals surface area contributed by atoms with E-state index in [2.05, 4.69) is 21.3 Å². The first-order chi connectivity index (χ1) is 19.1. The maximum absolute atomic E-state index is 6.05. The third-order valence-electron chi connectivity index (χ3n) is 6.23. The van der Waals surface area contributed by atoms with E-state index >= 15 is 0 Å². The number of benzene rings is 3. The van der Waals surface area contributed by atoms with Gasteiger partial charge >= 0.3 is 0 Å². The third-order valence-corrected chi connectivity index (χ3v) is 7.52. The monoisotopic (exact) mass is 558 g/mol. The molecular weight excluding hydrogens is 532 g/mol. The molecule has 0 unspecified atom stereocenters. The number of rotatable bonds is 10. The van der Waals surface area contributed by atoms with Crippen molar-refractivity contribution < 1.29 is 14.2 Å². The molecule has 0 atom stereocenters. The van der Waals surface area contributed by atoms with E-state index in [9.17, 15) is 0 Å². The van der Waals surface area contributed by atoms with Crippen LogP contribution in [0.1, 0.15) is 5.56 Å². The maximum Gasteiger partial charge on any atom is 0.203 e. The molecule has 2 heterocycles. The summed E-state index contributed by atoms with van der Waals surface area (Å²) in [7, 11) is 4.78.